The normalized spacial score (nSPS) is 15.1. The van der Waals surface area contributed by atoms with Gasteiger partial charge in [0.25, 0.3) is 17.1 Å². The molecular formula is C20H16BrFN2O4S. The Hall–Kier alpha value is -2.65. The van der Waals surface area contributed by atoms with E-state index in [0.717, 1.165) is 21.1 Å². The third-order valence-corrected chi connectivity index (χ3v) is 5.48. The molecule has 9 heteroatoms. The molecule has 1 aliphatic rings. The molecule has 1 heterocycles. The second kappa shape index (κ2) is 9.71. The van der Waals surface area contributed by atoms with Crippen LogP contribution >= 0.6 is 27.7 Å². The zero-order valence-corrected chi connectivity index (χ0v) is 17.5. The van der Waals surface area contributed by atoms with E-state index in [4.69, 9.17) is 4.74 Å². The molecule has 2 aromatic carbocycles. The van der Waals surface area contributed by atoms with Gasteiger partial charge in [-0.25, -0.2) is 4.39 Å². The van der Waals surface area contributed by atoms with Crippen LogP contribution in [0.4, 0.5) is 9.18 Å². The van der Waals surface area contributed by atoms with E-state index >= 15 is 0 Å². The lowest BCUT2D eigenvalue weighted by molar-refractivity contribution is -0.125. The summed E-state index contributed by atoms with van der Waals surface area (Å²) >= 11 is 4.06. The Bertz CT molecular complexity index is 982. The number of rotatable bonds is 7. The molecule has 1 N–H and O–H groups in total. The van der Waals surface area contributed by atoms with Crippen LogP contribution in [0.25, 0.3) is 6.08 Å². The Balaban J connectivity index is 1.50. The van der Waals surface area contributed by atoms with Crippen LogP contribution in [0.3, 0.4) is 0 Å². The Morgan fingerprint density at radius 2 is 1.90 bits per heavy atom. The first-order valence-corrected chi connectivity index (χ1v) is 10.2. The van der Waals surface area contributed by atoms with Gasteiger partial charge in [-0.2, -0.15) is 0 Å². The van der Waals surface area contributed by atoms with Gasteiger partial charge in [0.2, 0.25) is 0 Å². The molecule has 2 aromatic rings. The van der Waals surface area contributed by atoms with Crippen LogP contribution in [0.1, 0.15) is 5.56 Å². The summed E-state index contributed by atoms with van der Waals surface area (Å²) in [4.78, 5) is 37.6. The lowest BCUT2D eigenvalue weighted by atomic mass is 10.2. The molecule has 1 aliphatic heterocycles. The van der Waals surface area contributed by atoms with E-state index in [2.05, 4.69) is 21.2 Å². The predicted octanol–water partition coefficient (Wildman–Crippen LogP) is 3.82. The highest BCUT2D eigenvalue weighted by atomic mass is 79.9. The Morgan fingerprint density at radius 3 is 2.66 bits per heavy atom. The van der Waals surface area contributed by atoms with Gasteiger partial charge in [0.05, 0.1) is 9.38 Å². The van der Waals surface area contributed by atoms with Gasteiger partial charge in [-0.05, 0) is 52.0 Å². The largest absolute Gasteiger partial charge is 0.483 e. The number of para-hydroxylation sites is 1. The number of nitrogens with one attached hydrogen (secondary N) is 1. The molecular weight excluding hydrogens is 463 g/mol. The van der Waals surface area contributed by atoms with Crippen molar-refractivity contribution in [3.05, 3.63) is 69.3 Å². The first-order valence-electron chi connectivity index (χ1n) is 8.59. The van der Waals surface area contributed by atoms with Gasteiger partial charge in [0.1, 0.15) is 11.6 Å². The van der Waals surface area contributed by atoms with Crippen molar-refractivity contribution in [2.75, 3.05) is 19.7 Å². The smallest absolute Gasteiger partial charge is 0.293 e. The molecule has 1 saturated heterocycles. The van der Waals surface area contributed by atoms with E-state index < -0.39 is 17.0 Å². The second-order valence-corrected chi connectivity index (χ2v) is 7.77. The number of halogens is 2. The first kappa shape index (κ1) is 21.1. The van der Waals surface area contributed by atoms with Crippen molar-refractivity contribution in [2.24, 2.45) is 0 Å². The molecule has 0 aromatic heterocycles. The number of thioether (sulfide) groups is 1. The lowest BCUT2D eigenvalue weighted by Crippen LogP contribution is -2.38. The van der Waals surface area contributed by atoms with Crippen LogP contribution in [-0.4, -0.2) is 41.6 Å². The number of carbonyl (C=O) groups is 3. The zero-order chi connectivity index (χ0) is 20.8. The van der Waals surface area contributed by atoms with Crippen molar-refractivity contribution >= 4 is 50.8 Å². The topological polar surface area (TPSA) is 75.7 Å². The average molecular weight is 479 g/mol. The molecule has 1 fully saturated rings. The number of benzene rings is 2. The number of nitrogens with zero attached hydrogens (tertiary/aromatic N) is 1. The van der Waals surface area contributed by atoms with E-state index in [0.29, 0.717) is 5.75 Å². The van der Waals surface area contributed by atoms with E-state index in [1.54, 1.807) is 30.3 Å². The van der Waals surface area contributed by atoms with Crippen LogP contribution in [0.5, 0.6) is 5.75 Å². The maximum Gasteiger partial charge on any atom is 0.293 e. The van der Waals surface area contributed by atoms with Gasteiger partial charge in [-0.1, -0.05) is 30.3 Å². The molecule has 0 bridgehead atoms. The molecule has 150 valence electrons. The third kappa shape index (κ3) is 5.45. The number of imide groups is 1. The van der Waals surface area contributed by atoms with Gasteiger partial charge in [0, 0.05) is 18.7 Å². The van der Waals surface area contributed by atoms with Crippen LogP contribution in [0.15, 0.2) is 57.9 Å². The van der Waals surface area contributed by atoms with Crippen molar-refractivity contribution in [1.82, 2.24) is 10.2 Å². The van der Waals surface area contributed by atoms with Crippen molar-refractivity contribution in [3.8, 4) is 5.75 Å². The first-order chi connectivity index (χ1) is 14.0. The molecule has 0 saturated carbocycles. The van der Waals surface area contributed by atoms with Crippen LogP contribution in [0.2, 0.25) is 0 Å². The van der Waals surface area contributed by atoms with Crippen LogP contribution < -0.4 is 10.1 Å². The van der Waals surface area contributed by atoms with Crippen LogP contribution in [-0.2, 0) is 9.59 Å². The minimum absolute atomic E-state index is 0.0139. The summed E-state index contributed by atoms with van der Waals surface area (Å²) in [7, 11) is 0. The fourth-order valence-corrected chi connectivity index (χ4v) is 3.74. The number of hydrogen-bond acceptors (Lipinski definition) is 5. The quantitative estimate of drug-likeness (QED) is 0.612. The standard InChI is InChI=1S/C20H16BrFN2O4S/c21-14-6-2-4-8-16(14)28-12-18(25)23-9-10-24-19(26)17(29-20(24)27)11-13-5-1-3-7-15(13)22/h1-8,11H,9-10,12H2,(H,23,25). The highest BCUT2D eigenvalue weighted by molar-refractivity contribution is 9.10. The maximum atomic E-state index is 13.8. The van der Waals surface area contributed by atoms with Gasteiger partial charge in [-0.15, -0.1) is 0 Å². The van der Waals surface area contributed by atoms with Gasteiger partial charge in [-0.3, -0.25) is 19.3 Å². The van der Waals surface area contributed by atoms with Crippen molar-refractivity contribution in [3.63, 3.8) is 0 Å². The minimum atomic E-state index is -0.512. The van der Waals surface area contributed by atoms with Crippen molar-refractivity contribution < 1.29 is 23.5 Å². The lowest BCUT2D eigenvalue weighted by Gasteiger charge is -2.13. The van der Waals surface area contributed by atoms with E-state index in [1.165, 1.54) is 18.2 Å². The van der Waals surface area contributed by atoms with Crippen LogP contribution in [0, 0.1) is 5.82 Å². The summed E-state index contributed by atoms with van der Waals surface area (Å²) in [6.07, 6.45) is 1.35. The molecule has 0 aliphatic carbocycles. The maximum absolute atomic E-state index is 13.8. The van der Waals surface area contributed by atoms with E-state index in [1.807, 2.05) is 6.07 Å². The summed E-state index contributed by atoms with van der Waals surface area (Å²) < 4.78 is 19.9. The van der Waals surface area contributed by atoms with Crippen molar-refractivity contribution in [2.45, 2.75) is 0 Å². The molecule has 0 unspecified atom stereocenters. The summed E-state index contributed by atoms with van der Waals surface area (Å²) in [6.45, 7) is -0.0963. The Labute approximate surface area is 179 Å². The van der Waals surface area contributed by atoms with Gasteiger partial charge in [0.15, 0.2) is 6.61 Å². The van der Waals surface area contributed by atoms with Crippen molar-refractivity contribution in [1.29, 1.82) is 0 Å². The van der Waals surface area contributed by atoms with E-state index in [-0.39, 0.29) is 36.1 Å². The second-order valence-electron chi connectivity index (χ2n) is 5.92. The summed E-state index contributed by atoms with van der Waals surface area (Å²) in [5.74, 6) is -0.833. The minimum Gasteiger partial charge on any atom is -0.483 e. The number of carbonyl (C=O) groups excluding carboxylic acids is 3. The molecule has 3 rings (SSSR count). The Morgan fingerprint density at radius 1 is 1.17 bits per heavy atom. The molecule has 0 radical (unpaired) electrons. The summed E-state index contributed by atoms with van der Waals surface area (Å²) in [5.41, 5.74) is 0.232. The molecule has 29 heavy (non-hydrogen) atoms. The fourth-order valence-electron chi connectivity index (χ4n) is 2.49. The molecule has 0 atom stereocenters. The highest BCUT2D eigenvalue weighted by Crippen LogP contribution is 2.32. The Kier molecular flexibility index (Phi) is 7.05. The molecule has 3 amide bonds. The third-order valence-electron chi connectivity index (χ3n) is 3.92. The molecule has 0 spiro atoms. The fraction of sp³-hybridized carbons (Fsp3) is 0.150. The average Bonchev–Trinajstić information content (AvgIpc) is 2.96. The van der Waals surface area contributed by atoms with Gasteiger partial charge < -0.3 is 10.1 Å². The predicted molar refractivity (Wildman–Crippen MR) is 112 cm³/mol. The number of ether oxygens (including phenoxy) is 1. The summed E-state index contributed by atoms with van der Waals surface area (Å²) in [6, 6.07) is 13.1. The monoisotopic (exact) mass is 478 g/mol. The van der Waals surface area contributed by atoms with E-state index in [9.17, 15) is 18.8 Å². The molecule has 6 nitrogen and oxygen atoms in total. The SMILES string of the molecule is O=C(COc1ccccc1Br)NCCN1C(=O)SC(=Cc2ccccc2F)C1=O. The highest BCUT2D eigenvalue weighted by Gasteiger charge is 2.34. The van der Waals surface area contributed by atoms with Gasteiger partial charge >= 0.3 is 0 Å². The number of hydrogen-bond donors (Lipinski definition) is 1. The summed E-state index contributed by atoms with van der Waals surface area (Å²) in [5, 5.41) is 2.14. The zero-order valence-electron chi connectivity index (χ0n) is 15.1. The number of amides is 3.